The Morgan fingerprint density at radius 2 is 1.31 bits per heavy atom. The van der Waals surface area contributed by atoms with Crippen LogP contribution in [0.3, 0.4) is 0 Å². The molecule has 0 radical (unpaired) electrons. The smallest absolute Gasteiger partial charge is 0.338 e. The molecule has 2 aromatic rings. The molecule has 138 valence electrons. The van der Waals surface area contributed by atoms with Crippen molar-refractivity contribution in [2.24, 2.45) is 0 Å². The third-order valence-electron chi connectivity index (χ3n) is 4.13. The summed E-state index contributed by atoms with van der Waals surface area (Å²) in [5.74, 6) is -0.438. The molecule has 4 heteroatoms. The average Bonchev–Trinajstić information content (AvgIpc) is 2.61. The van der Waals surface area contributed by atoms with Gasteiger partial charge in [0.2, 0.25) is 0 Å². The van der Waals surface area contributed by atoms with Crippen LogP contribution in [0.4, 0.5) is 0 Å². The third kappa shape index (κ3) is 5.53. The molecule has 0 unspecified atom stereocenters. The lowest BCUT2D eigenvalue weighted by molar-refractivity contribution is -0.0438. The molecular weight excluding hydrogens is 328 g/mol. The molecule has 0 N–H and O–H groups in total. The zero-order chi connectivity index (χ0) is 19.2. The summed E-state index contributed by atoms with van der Waals surface area (Å²) in [5.41, 5.74) is -0.506. The molecule has 0 aliphatic rings. The zero-order valence-corrected chi connectivity index (χ0v) is 15.8. The molecule has 0 bridgehead atoms. The number of ether oxygens (including phenoxy) is 2. The lowest BCUT2D eigenvalue weighted by Gasteiger charge is -2.29. The molecule has 0 spiro atoms. The van der Waals surface area contributed by atoms with Crippen LogP contribution in [0.25, 0.3) is 0 Å². The standard InChI is InChI=1S/C22H26O4/c1-21(2,26-20(24)18-13-9-6-10-14-18)15-16-25-22(3,4)19(23)17-11-7-5-8-12-17/h5-14H,15-16H2,1-4H3. The number of hydrogen-bond acceptors (Lipinski definition) is 4. The van der Waals surface area contributed by atoms with E-state index in [1.807, 2.05) is 38.1 Å². The van der Waals surface area contributed by atoms with Gasteiger partial charge in [-0.3, -0.25) is 4.79 Å². The van der Waals surface area contributed by atoms with E-state index in [1.165, 1.54) is 0 Å². The number of esters is 1. The monoisotopic (exact) mass is 354 g/mol. The predicted octanol–water partition coefficient (Wildman–Crippen LogP) is 4.69. The molecule has 4 nitrogen and oxygen atoms in total. The van der Waals surface area contributed by atoms with Crippen LogP contribution in [0, 0.1) is 0 Å². The van der Waals surface area contributed by atoms with Crippen LogP contribution in [-0.2, 0) is 9.47 Å². The summed E-state index contributed by atoms with van der Waals surface area (Å²) in [5, 5.41) is 0. The van der Waals surface area contributed by atoms with Crippen molar-refractivity contribution in [2.75, 3.05) is 6.61 Å². The van der Waals surface area contributed by atoms with E-state index >= 15 is 0 Å². The van der Waals surface area contributed by atoms with Gasteiger partial charge in [0.15, 0.2) is 5.78 Å². The number of carbonyl (C=O) groups is 2. The maximum atomic E-state index is 12.6. The Balaban J connectivity index is 1.89. The van der Waals surface area contributed by atoms with E-state index in [1.54, 1.807) is 50.2 Å². The van der Waals surface area contributed by atoms with Crippen molar-refractivity contribution in [1.29, 1.82) is 0 Å². The van der Waals surface area contributed by atoms with Crippen molar-refractivity contribution >= 4 is 11.8 Å². The van der Waals surface area contributed by atoms with Gasteiger partial charge in [0.1, 0.15) is 11.2 Å². The number of carbonyl (C=O) groups excluding carboxylic acids is 2. The van der Waals surface area contributed by atoms with Crippen molar-refractivity contribution in [3.63, 3.8) is 0 Å². The molecule has 0 heterocycles. The van der Waals surface area contributed by atoms with Gasteiger partial charge in [-0.2, -0.15) is 0 Å². The maximum absolute atomic E-state index is 12.6. The predicted molar refractivity (Wildman–Crippen MR) is 101 cm³/mol. The van der Waals surface area contributed by atoms with Gasteiger partial charge < -0.3 is 9.47 Å². The molecule has 0 saturated carbocycles. The van der Waals surface area contributed by atoms with E-state index in [2.05, 4.69) is 0 Å². The van der Waals surface area contributed by atoms with Crippen molar-refractivity contribution in [3.05, 3.63) is 71.8 Å². The lowest BCUT2D eigenvalue weighted by Crippen LogP contribution is -2.37. The fourth-order valence-electron chi connectivity index (χ4n) is 2.49. The highest BCUT2D eigenvalue weighted by molar-refractivity contribution is 6.01. The van der Waals surface area contributed by atoms with Gasteiger partial charge in [-0.05, 0) is 39.8 Å². The minimum atomic E-state index is -0.944. The van der Waals surface area contributed by atoms with E-state index in [4.69, 9.17) is 9.47 Å². The van der Waals surface area contributed by atoms with E-state index in [0.29, 0.717) is 24.2 Å². The molecule has 0 aliphatic carbocycles. The summed E-state index contributed by atoms with van der Waals surface area (Å²) in [6.07, 6.45) is 0.483. The van der Waals surface area contributed by atoms with Crippen LogP contribution in [0.2, 0.25) is 0 Å². The third-order valence-corrected chi connectivity index (χ3v) is 4.13. The van der Waals surface area contributed by atoms with E-state index in [9.17, 15) is 9.59 Å². The van der Waals surface area contributed by atoms with E-state index in [0.717, 1.165) is 0 Å². The Bertz CT molecular complexity index is 733. The van der Waals surface area contributed by atoms with Crippen LogP contribution in [-0.4, -0.2) is 29.6 Å². The maximum Gasteiger partial charge on any atom is 0.338 e. The van der Waals surface area contributed by atoms with E-state index < -0.39 is 11.2 Å². The molecule has 0 amide bonds. The van der Waals surface area contributed by atoms with Crippen molar-refractivity contribution < 1.29 is 19.1 Å². The first-order chi connectivity index (χ1) is 12.2. The first-order valence-corrected chi connectivity index (χ1v) is 8.73. The number of benzene rings is 2. The lowest BCUT2D eigenvalue weighted by atomic mass is 9.96. The molecule has 0 aliphatic heterocycles. The fourth-order valence-corrected chi connectivity index (χ4v) is 2.49. The van der Waals surface area contributed by atoms with Crippen LogP contribution < -0.4 is 0 Å². The number of ketones is 1. The van der Waals surface area contributed by atoms with Gasteiger partial charge in [0.05, 0.1) is 12.2 Å². The molecule has 2 aromatic carbocycles. The first-order valence-electron chi connectivity index (χ1n) is 8.73. The molecule has 0 atom stereocenters. The topological polar surface area (TPSA) is 52.6 Å². The van der Waals surface area contributed by atoms with Gasteiger partial charge >= 0.3 is 5.97 Å². The molecule has 0 saturated heterocycles. The summed E-state index contributed by atoms with van der Waals surface area (Å²) in [7, 11) is 0. The number of rotatable bonds is 8. The Morgan fingerprint density at radius 3 is 1.85 bits per heavy atom. The molecule has 2 rings (SSSR count). The Kier molecular flexibility index (Phi) is 6.32. The SMILES string of the molecule is CC(C)(CCOC(C)(C)C(=O)c1ccccc1)OC(=O)c1ccccc1. The van der Waals surface area contributed by atoms with Gasteiger partial charge in [-0.25, -0.2) is 4.79 Å². The number of hydrogen-bond donors (Lipinski definition) is 0. The summed E-state index contributed by atoms with van der Waals surface area (Å²) >= 11 is 0. The van der Waals surface area contributed by atoms with Crippen molar-refractivity contribution in [1.82, 2.24) is 0 Å². The van der Waals surface area contributed by atoms with Crippen molar-refractivity contribution in [2.45, 2.75) is 45.3 Å². The Labute approximate surface area is 155 Å². The summed E-state index contributed by atoms with van der Waals surface area (Å²) in [6, 6.07) is 18.0. The second kappa shape index (κ2) is 8.28. The highest BCUT2D eigenvalue weighted by Crippen LogP contribution is 2.21. The van der Waals surface area contributed by atoms with Crippen LogP contribution in [0.15, 0.2) is 60.7 Å². The summed E-state index contributed by atoms with van der Waals surface area (Å²) in [6.45, 7) is 7.49. The van der Waals surface area contributed by atoms with Crippen LogP contribution in [0.5, 0.6) is 0 Å². The Morgan fingerprint density at radius 1 is 0.808 bits per heavy atom. The van der Waals surface area contributed by atoms with Gasteiger partial charge in [0.25, 0.3) is 0 Å². The summed E-state index contributed by atoms with van der Waals surface area (Å²) in [4.78, 5) is 24.8. The van der Waals surface area contributed by atoms with Crippen LogP contribution >= 0.6 is 0 Å². The number of Topliss-reactive ketones (excluding diaryl/α,β-unsaturated/α-hetero) is 1. The van der Waals surface area contributed by atoms with Gasteiger partial charge in [-0.1, -0.05) is 48.5 Å². The zero-order valence-electron chi connectivity index (χ0n) is 15.8. The normalized spacial score (nSPS) is 11.8. The highest BCUT2D eigenvalue weighted by atomic mass is 16.6. The largest absolute Gasteiger partial charge is 0.456 e. The minimum absolute atomic E-state index is 0.0720. The second-order valence-electron chi connectivity index (χ2n) is 7.32. The minimum Gasteiger partial charge on any atom is -0.456 e. The van der Waals surface area contributed by atoms with Crippen molar-refractivity contribution in [3.8, 4) is 0 Å². The fraction of sp³-hybridized carbons (Fsp3) is 0.364. The molecule has 26 heavy (non-hydrogen) atoms. The second-order valence-corrected chi connectivity index (χ2v) is 7.32. The molecule has 0 fully saturated rings. The average molecular weight is 354 g/mol. The summed E-state index contributed by atoms with van der Waals surface area (Å²) < 4.78 is 11.4. The molecular formula is C22H26O4. The van der Waals surface area contributed by atoms with Gasteiger partial charge in [0, 0.05) is 12.0 Å². The quantitative estimate of drug-likeness (QED) is 0.510. The Hall–Kier alpha value is -2.46. The highest BCUT2D eigenvalue weighted by Gasteiger charge is 2.31. The molecule has 0 aromatic heterocycles. The van der Waals surface area contributed by atoms with Gasteiger partial charge in [-0.15, -0.1) is 0 Å². The first kappa shape index (κ1) is 19.9. The van der Waals surface area contributed by atoms with Crippen LogP contribution in [0.1, 0.15) is 54.8 Å². The van der Waals surface area contributed by atoms with E-state index in [-0.39, 0.29) is 11.8 Å².